The van der Waals surface area contributed by atoms with E-state index in [1.165, 1.54) is 24.3 Å². The Morgan fingerprint density at radius 3 is 2.44 bits per heavy atom. The van der Waals surface area contributed by atoms with Gasteiger partial charge in [0.1, 0.15) is 11.8 Å². The van der Waals surface area contributed by atoms with E-state index in [9.17, 15) is 10.1 Å². The minimum atomic E-state index is -0.514. The highest BCUT2D eigenvalue weighted by Gasteiger charge is 2.04. The average molecular weight is 214 g/mol. The van der Waals surface area contributed by atoms with E-state index in [0.717, 1.165) is 6.08 Å². The van der Waals surface area contributed by atoms with E-state index in [1.54, 1.807) is 12.1 Å². The number of hydrogen-bond donors (Lipinski definition) is 1. The first-order chi connectivity index (χ1) is 7.67. The largest absolute Gasteiger partial charge is 0.346 e. The normalized spacial score (nSPS) is 10.0. The van der Waals surface area contributed by atoms with Crippen molar-refractivity contribution >= 4 is 11.4 Å². The Kier molecular flexibility index (Phi) is 3.59. The smallest absolute Gasteiger partial charge is 0.269 e. The molecule has 0 aliphatic carbocycles. The summed E-state index contributed by atoms with van der Waals surface area (Å²) in [5.41, 5.74) is 0.554. The summed E-state index contributed by atoms with van der Waals surface area (Å²) < 4.78 is 0. The molecule has 0 unspecified atom stereocenters. The molecule has 0 aromatic heterocycles. The molecule has 0 heterocycles. The van der Waals surface area contributed by atoms with Crippen molar-refractivity contribution < 1.29 is 4.92 Å². The van der Waals surface area contributed by atoms with Crippen LogP contribution in [0, 0.1) is 32.8 Å². The minimum Gasteiger partial charge on any atom is -0.346 e. The van der Waals surface area contributed by atoms with Crippen LogP contribution in [-0.4, -0.2) is 4.92 Å². The molecule has 0 atom stereocenters. The van der Waals surface area contributed by atoms with Crippen LogP contribution in [0.15, 0.2) is 36.0 Å². The molecule has 1 aromatic carbocycles. The van der Waals surface area contributed by atoms with Crippen molar-refractivity contribution in [3.05, 3.63) is 46.2 Å². The molecule has 6 heteroatoms. The van der Waals surface area contributed by atoms with Crippen LogP contribution in [0.1, 0.15) is 0 Å². The molecular formula is C10H6N4O2. The molecule has 0 aliphatic rings. The molecule has 0 amide bonds. The zero-order chi connectivity index (χ0) is 12.0. The second kappa shape index (κ2) is 5.13. The summed E-state index contributed by atoms with van der Waals surface area (Å²) in [7, 11) is 0. The molecule has 0 bridgehead atoms. The molecule has 1 aromatic rings. The fraction of sp³-hybridized carbons (Fsp3) is 0. The third-order valence-electron chi connectivity index (χ3n) is 1.69. The minimum absolute atomic E-state index is 0.0340. The lowest BCUT2D eigenvalue weighted by Gasteiger charge is -2.02. The van der Waals surface area contributed by atoms with Gasteiger partial charge >= 0.3 is 0 Å². The fourth-order valence-corrected chi connectivity index (χ4v) is 0.983. The highest BCUT2D eigenvalue weighted by molar-refractivity contribution is 5.55. The van der Waals surface area contributed by atoms with E-state index >= 15 is 0 Å². The van der Waals surface area contributed by atoms with Crippen molar-refractivity contribution in [2.45, 2.75) is 0 Å². The summed E-state index contributed by atoms with van der Waals surface area (Å²) in [6.07, 6.45) is 1.06. The number of non-ortho nitro benzene ring substituents is 1. The topological polar surface area (TPSA) is 103 Å². The molecule has 0 saturated carbocycles. The van der Waals surface area contributed by atoms with Crippen LogP contribution >= 0.6 is 0 Å². The number of anilines is 1. The van der Waals surface area contributed by atoms with Crippen LogP contribution in [0.2, 0.25) is 0 Å². The van der Waals surface area contributed by atoms with Crippen LogP contribution in [0.4, 0.5) is 11.4 Å². The number of nitro groups is 1. The second-order valence-corrected chi connectivity index (χ2v) is 2.73. The van der Waals surface area contributed by atoms with E-state index < -0.39 is 4.92 Å². The number of rotatable bonds is 3. The molecular weight excluding hydrogens is 208 g/mol. The van der Waals surface area contributed by atoms with Gasteiger partial charge < -0.3 is 5.32 Å². The maximum atomic E-state index is 10.4. The number of nitrogens with zero attached hydrogens (tertiary/aromatic N) is 3. The Morgan fingerprint density at radius 2 is 2.00 bits per heavy atom. The van der Waals surface area contributed by atoms with Gasteiger partial charge in [-0.05, 0) is 12.1 Å². The number of nitro benzene ring substituents is 1. The molecule has 0 spiro atoms. The lowest BCUT2D eigenvalue weighted by molar-refractivity contribution is -0.384. The van der Waals surface area contributed by atoms with E-state index in [-0.39, 0.29) is 11.4 Å². The van der Waals surface area contributed by atoms with Gasteiger partial charge in [-0.2, -0.15) is 10.5 Å². The van der Waals surface area contributed by atoms with Crippen molar-refractivity contribution in [1.82, 2.24) is 0 Å². The summed E-state index contributed by atoms with van der Waals surface area (Å²) >= 11 is 0. The summed E-state index contributed by atoms with van der Waals surface area (Å²) in [5.74, 6) is 0. The zero-order valence-electron chi connectivity index (χ0n) is 8.04. The first-order valence-electron chi connectivity index (χ1n) is 4.18. The summed E-state index contributed by atoms with van der Waals surface area (Å²) in [6, 6.07) is 9.03. The van der Waals surface area contributed by atoms with Crippen LogP contribution in [0.5, 0.6) is 0 Å². The molecule has 78 valence electrons. The Bertz CT molecular complexity index is 505. The number of nitrogens with one attached hydrogen (secondary N) is 1. The van der Waals surface area contributed by atoms with Crippen LogP contribution in [0.25, 0.3) is 0 Å². The zero-order valence-corrected chi connectivity index (χ0v) is 8.04. The molecule has 1 rings (SSSR count). The van der Waals surface area contributed by atoms with Crippen molar-refractivity contribution in [3.63, 3.8) is 0 Å². The van der Waals surface area contributed by atoms with Crippen molar-refractivity contribution in [1.29, 1.82) is 10.5 Å². The van der Waals surface area contributed by atoms with Crippen LogP contribution in [0.3, 0.4) is 0 Å². The van der Waals surface area contributed by atoms with Gasteiger partial charge in [0.2, 0.25) is 0 Å². The van der Waals surface area contributed by atoms with Gasteiger partial charge in [-0.1, -0.05) is 0 Å². The average Bonchev–Trinajstić information content (AvgIpc) is 2.29. The highest BCUT2D eigenvalue weighted by Crippen LogP contribution is 2.16. The van der Waals surface area contributed by atoms with E-state index in [2.05, 4.69) is 5.32 Å². The maximum Gasteiger partial charge on any atom is 0.269 e. The van der Waals surface area contributed by atoms with E-state index in [1.807, 2.05) is 0 Å². The lowest BCUT2D eigenvalue weighted by atomic mass is 10.2. The number of benzene rings is 1. The monoisotopic (exact) mass is 214 g/mol. The number of nitriles is 2. The first kappa shape index (κ1) is 11.2. The van der Waals surface area contributed by atoms with Gasteiger partial charge in [0, 0.05) is 17.8 Å². The van der Waals surface area contributed by atoms with Gasteiger partial charge in [-0.15, -0.1) is 0 Å². The fourth-order valence-electron chi connectivity index (χ4n) is 0.983. The molecule has 16 heavy (non-hydrogen) atoms. The van der Waals surface area contributed by atoms with Crippen molar-refractivity contribution in [2.24, 2.45) is 0 Å². The Morgan fingerprint density at radius 1 is 1.38 bits per heavy atom. The predicted molar refractivity (Wildman–Crippen MR) is 56.0 cm³/mol. The Hall–Kier alpha value is -2.86. The SMILES string of the molecule is N#C/C=C(\C#N)Nc1ccc([N+](=O)[O-])cc1. The molecule has 6 nitrogen and oxygen atoms in total. The quantitative estimate of drug-likeness (QED) is 0.470. The van der Waals surface area contributed by atoms with Gasteiger partial charge in [-0.3, -0.25) is 10.1 Å². The van der Waals surface area contributed by atoms with Crippen molar-refractivity contribution in [2.75, 3.05) is 5.32 Å². The van der Waals surface area contributed by atoms with Crippen molar-refractivity contribution in [3.8, 4) is 12.1 Å². The number of hydrogen-bond acceptors (Lipinski definition) is 5. The van der Waals surface area contributed by atoms with E-state index in [0.29, 0.717) is 5.69 Å². The highest BCUT2D eigenvalue weighted by atomic mass is 16.6. The summed E-state index contributed by atoms with van der Waals surface area (Å²) in [5, 5.41) is 30.0. The number of allylic oxidation sites excluding steroid dienone is 2. The maximum absolute atomic E-state index is 10.4. The van der Waals surface area contributed by atoms with Gasteiger partial charge in [0.25, 0.3) is 5.69 Å². The molecule has 0 radical (unpaired) electrons. The standard InChI is InChI=1S/C10H6N4O2/c11-6-5-9(7-12)13-8-1-3-10(4-2-8)14(15)16/h1-5,13H/b9-5+. The first-order valence-corrected chi connectivity index (χ1v) is 4.18. The van der Waals surface area contributed by atoms with E-state index in [4.69, 9.17) is 10.5 Å². The second-order valence-electron chi connectivity index (χ2n) is 2.73. The third-order valence-corrected chi connectivity index (χ3v) is 1.69. The Balaban J connectivity index is 2.85. The lowest BCUT2D eigenvalue weighted by Crippen LogP contribution is -1.97. The van der Waals surface area contributed by atoms with Crippen LogP contribution < -0.4 is 5.32 Å². The van der Waals surface area contributed by atoms with Gasteiger partial charge in [-0.25, -0.2) is 0 Å². The van der Waals surface area contributed by atoms with Crippen LogP contribution in [-0.2, 0) is 0 Å². The summed E-state index contributed by atoms with van der Waals surface area (Å²) in [6.45, 7) is 0. The predicted octanol–water partition coefficient (Wildman–Crippen LogP) is 1.94. The molecule has 0 aliphatic heterocycles. The molecule has 1 N–H and O–H groups in total. The molecule has 0 saturated heterocycles. The van der Waals surface area contributed by atoms with Gasteiger partial charge in [0.15, 0.2) is 0 Å². The third kappa shape index (κ3) is 2.82. The summed E-state index contributed by atoms with van der Waals surface area (Å²) in [4.78, 5) is 9.86. The Labute approximate surface area is 91.2 Å². The van der Waals surface area contributed by atoms with Gasteiger partial charge in [0.05, 0.1) is 17.1 Å². The molecule has 0 fully saturated rings.